The molecule has 0 saturated heterocycles. The minimum Gasteiger partial charge on any atom is -0.481 e. The predicted octanol–water partition coefficient (Wildman–Crippen LogP) is 5.05. The molecule has 152 valence electrons. The van der Waals surface area contributed by atoms with E-state index in [4.69, 9.17) is 28.2 Å². The van der Waals surface area contributed by atoms with Gasteiger partial charge in [-0.05, 0) is 43.7 Å². The second-order valence-electron chi connectivity index (χ2n) is 7.08. The van der Waals surface area contributed by atoms with E-state index in [0.29, 0.717) is 16.0 Å². The van der Waals surface area contributed by atoms with Gasteiger partial charge in [-0.1, -0.05) is 35.3 Å². The minimum absolute atomic E-state index is 0.0514. The molecule has 2 atom stereocenters. The lowest BCUT2D eigenvalue weighted by molar-refractivity contribution is -0.137. The number of anilines is 2. The van der Waals surface area contributed by atoms with Gasteiger partial charge >= 0.3 is 5.97 Å². The van der Waals surface area contributed by atoms with Gasteiger partial charge in [0.15, 0.2) is 0 Å². The molecule has 0 amide bonds. The number of rotatable bonds is 6. The average Bonchev–Trinajstić information content (AvgIpc) is 3.19. The Labute approximate surface area is 179 Å². The van der Waals surface area contributed by atoms with Crippen LogP contribution in [0.3, 0.4) is 0 Å². The van der Waals surface area contributed by atoms with Gasteiger partial charge in [-0.25, -0.2) is 4.98 Å². The van der Waals surface area contributed by atoms with Crippen LogP contribution in [-0.2, 0) is 4.79 Å². The molecule has 0 radical (unpaired) electrons. The molecule has 1 aliphatic rings. The number of hydrogen-bond donors (Lipinski definition) is 2. The van der Waals surface area contributed by atoms with Crippen molar-refractivity contribution >= 4 is 51.8 Å². The fraction of sp³-hybridized carbons (Fsp3) is 0.333. The highest BCUT2D eigenvalue weighted by atomic mass is 35.5. The SMILES string of the molecule is CCN(CC)c1cccc2c1nc1n2C(c2ccc(Cl)cc2Cl)C(CC(=O)O)N1. The predicted molar refractivity (Wildman–Crippen MR) is 118 cm³/mol. The maximum atomic E-state index is 11.5. The monoisotopic (exact) mass is 432 g/mol. The minimum atomic E-state index is -0.878. The summed E-state index contributed by atoms with van der Waals surface area (Å²) in [6.07, 6.45) is -0.0514. The number of halogens is 2. The highest BCUT2D eigenvalue weighted by molar-refractivity contribution is 6.35. The van der Waals surface area contributed by atoms with Gasteiger partial charge in [0.1, 0.15) is 5.52 Å². The first-order valence-corrected chi connectivity index (χ1v) is 10.4. The van der Waals surface area contributed by atoms with Gasteiger partial charge in [0.05, 0.1) is 29.7 Å². The van der Waals surface area contributed by atoms with Crippen molar-refractivity contribution in [2.45, 2.75) is 32.4 Å². The van der Waals surface area contributed by atoms with Gasteiger partial charge in [-0.15, -0.1) is 0 Å². The molecule has 0 bridgehead atoms. The van der Waals surface area contributed by atoms with Crippen molar-refractivity contribution in [1.29, 1.82) is 0 Å². The van der Waals surface area contributed by atoms with Gasteiger partial charge in [0, 0.05) is 23.1 Å². The summed E-state index contributed by atoms with van der Waals surface area (Å²) in [5.41, 5.74) is 3.72. The van der Waals surface area contributed by atoms with E-state index in [2.05, 4.69) is 34.7 Å². The van der Waals surface area contributed by atoms with Crippen LogP contribution < -0.4 is 10.2 Å². The van der Waals surface area contributed by atoms with E-state index in [-0.39, 0.29) is 18.5 Å². The lowest BCUT2D eigenvalue weighted by Gasteiger charge is -2.24. The quantitative estimate of drug-likeness (QED) is 0.570. The molecule has 1 aromatic heterocycles. The number of carbonyl (C=O) groups is 1. The van der Waals surface area contributed by atoms with Crippen LogP contribution in [0.4, 0.5) is 11.6 Å². The zero-order valence-electron chi connectivity index (χ0n) is 16.2. The maximum Gasteiger partial charge on any atom is 0.305 e. The molecular formula is C21H22Cl2N4O2. The van der Waals surface area contributed by atoms with Crippen molar-refractivity contribution < 1.29 is 9.90 Å². The molecule has 4 rings (SSSR count). The third kappa shape index (κ3) is 3.40. The van der Waals surface area contributed by atoms with Gasteiger partial charge in [-0.3, -0.25) is 4.79 Å². The highest BCUT2D eigenvalue weighted by Crippen LogP contribution is 2.43. The van der Waals surface area contributed by atoms with E-state index in [1.807, 2.05) is 18.2 Å². The number of aliphatic carboxylic acids is 1. The van der Waals surface area contributed by atoms with Crippen LogP contribution in [-0.4, -0.2) is 39.8 Å². The Kier molecular flexibility index (Phi) is 5.32. The Morgan fingerprint density at radius 2 is 2.00 bits per heavy atom. The number of carboxylic acids is 1. The zero-order chi connectivity index (χ0) is 20.7. The normalized spacial score (nSPS) is 17.9. The number of fused-ring (bicyclic) bond motifs is 3. The Bertz CT molecular complexity index is 1080. The zero-order valence-corrected chi connectivity index (χ0v) is 17.7. The van der Waals surface area contributed by atoms with Crippen LogP contribution in [0.15, 0.2) is 36.4 Å². The lowest BCUT2D eigenvalue weighted by atomic mass is 9.97. The standard InChI is InChI=1S/C21H22Cl2N4O2/c1-3-26(4-2)16-6-5-7-17-19(16)25-21-24-15(11-18(28)29)20(27(17)21)13-9-8-12(22)10-14(13)23/h5-10,15,20H,3-4,11H2,1-2H3,(H,24,25)(H,28,29). The Balaban J connectivity index is 1.91. The first-order chi connectivity index (χ1) is 13.9. The fourth-order valence-electron chi connectivity index (χ4n) is 4.18. The molecule has 2 unspecified atom stereocenters. The molecule has 2 heterocycles. The molecule has 6 nitrogen and oxygen atoms in total. The topological polar surface area (TPSA) is 70.4 Å². The van der Waals surface area contributed by atoms with Crippen molar-refractivity contribution in [3.63, 3.8) is 0 Å². The first kappa shape index (κ1) is 19.9. The smallest absolute Gasteiger partial charge is 0.305 e. The molecule has 1 aliphatic heterocycles. The summed E-state index contributed by atoms with van der Waals surface area (Å²) in [5, 5.41) is 13.8. The van der Waals surface area contributed by atoms with Gasteiger partial charge < -0.3 is 19.9 Å². The van der Waals surface area contributed by atoms with E-state index >= 15 is 0 Å². The number of aromatic nitrogens is 2. The summed E-state index contributed by atoms with van der Waals surface area (Å²) in [4.78, 5) is 18.6. The molecule has 2 aromatic carbocycles. The summed E-state index contributed by atoms with van der Waals surface area (Å²) >= 11 is 12.6. The third-order valence-electron chi connectivity index (χ3n) is 5.45. The average molecular weight is 433 g/mol. The largest absolute Gasteiger partial charge is 0.481 e. The Morgan fingerprint density at radius 3 is 2.66 bits per heavy atom. The third-order valence-corrected chi connectivity index (χ3v) is 6.01. The van der Waals surface area contributed by atoms with Gasteiger partial charge in [0.2, 0.25) is 5.95 Å². The van der Waals surface area contributed by atoms with Crippen molar-refractivity contribution in [2.24, 2.45) is 0 Å². The van der Waals surface area contributed by atoms with Crippen molar-refractivity contribution in [3.8, 4) is 0 Å². The van der Waals surface area contributed by atoms with Crippen molar-refractivity contribution in [3.05, 3.63) is 52.0 Å². The van der Waals surface area contributed by atoms with Gasteiger partial charge in [-0.2, -0.15) is 0 Å². The Hall–Kier alpha value is -2.44. The number of nitrogens with zero attached hydrogens (tertiary/aromatic N) is 3. The molecule has 0 spiro atoms. The van der Waals surface area contributed by atoms with Gasteiger partial charge in [0.25, 0.3) is 0 Å². The lowest BCUT2D eigenvalue weighted by Crippen LogP contribution is -2.27. The van der Waals surface area contributed by atoms with E-state index in [0.717, 1.165) is 35.4 Å². The summed E-state index contributed by atoms with van der Waals surface area (Å²) < 4.78 is 2.06. The van der Waals surface area contributed by atoms with Crippen LogP contribution in [0.2, 0.25) is 10.0 Å². The van der Waals surface area contributed by atoms with Crippen LogP contribution in [0.5, 0.6) is 0 Å². The van der Waals surface area contributed by atoms with Crippen LogP contribution >= 0.6 is 23.2 Å². The Morgan fingerprint density at radius 1 is 1.24 bits per heavy atom. The molecule has 2 N–H and O–H groups in total. The summed E-state index contributed by atoms with van der Waals surface area (Å²) in [5.74, 6) is -0.224. The maximum absolute atomic E-state index is 11.5. The van der Waals surface area contributed by atoms with E-state index in [9.17, 15) is 9.90 Å². The second kappa shape index (κ2) is 7.76. The molecule has 0 fully saturated rings. The summed E-state index contributed by atoms with van der Waals surface area (Å²) in [7, 11) is 0. The van der Waals surface area contributed by atoms with E-state index in [1.165, 1.54) is 0 Å². The van der Waals surface area contributed by atoms with Crippen LogP contribution in [0, 0.1) is 0 Å². The van der Waals surface area contributed by atoms with Crippen molar-refractivity contribution in [2.75, 3.05) is 23.3 Å². The number of para-hydroxylation sites is 1. The molecule has 3 aromatic rings. The number of hydrogen-bond acceptors (Lipinski definition) is 4. The molecule has 0 saturated carbocycles. The van der Waals surface area contributed by atoms with E-state index < -0.39 is 5.97 Å². The van der Waals surface area contributed by atoms with Crippen LogP contribution in [0.25, 0.3) is 11.0 Å². The summed E-state index contributed by atoms with van der Waals surface area (Å²) in [6.45, 7) is 5.98. The molecule has 0 aliphatic carbocycles. The highest BCUT2D eigenvalue weighted by Gasteiger charge is 2.38. The van der Waals surface area contributed by atoms with Crippen LogP contribution in [0.1, 0.15) is 31.9 Å². The number of nitrogens with one attached hydrogen (secondary N) is 1. The van der Waals surface area contributed by atoms with Crippen molar-refractivity contribution in [1.82, 2.24) is 9.55 Å². The fourth-order valence-corrected chi connectivity index (χ4v) is 4.70. The molecule has 8 heteroatoms. The second-order valence-corrected chi connectivity index (χ2v) is 7.93. The van der Waals surface area contributed by atoms with E-state index in [1.54, 1.807) is 12.1 Å². The summed E-state index contributed by atoms with van der Waals surface area (Å²) in [6, 6.07) is 10.8. The first-order valence-electron chi connectivity index (χ1n) is 9.63. The molecular weight excluding hydrogens is 411 g/mol. The molecule has 29 heavy (non-hydrogen) atoms. The number of carboxylic acid groups (broad SMARTS) is 1. The number of imidazole rings is 1. The number of benzene rings is 2.